The van der Waals surface area contributed by atoms with Gasteiger partial charge in [0.05, 0.1) is 13.1 Å². The van der Waals surface area contributed by atoms with E-state index < -0.39 is 28.7 Å². The average Bonchev–Trinajstić information content (AvgIpc) is 3.39. The predicted octanol–water partition coefficient (Wildman–Crippen LogP) is 2.73. The van der Waals surface area contributed by atoms with Crippen molar-refractivity contribution in [2.24, 2.45) is 0 Å². The van der Waals surface area contributed by atoms with E-state index in [1.807, 2.05) is 0 Å². The lowest BCUT2D eigenvalue weighted by Crippen LogP contribution is -2.45. The summed E-state index contributed by atoms with van der Waals surface area (Å²) in [6, 6.07) is 4.02. The van der Waals surface area contributed by atoms with Crippen molar-refractivity contribution in [1.29, 1.82) is 0 Å². The number of rotatable bonds is 5. The number of ether oxygens (including phenoxy) is 1. The third kappa shape index (κ3) is 4.02. The van der Waals surface area contributed by atoms with Crippen LogP contribution in [-0.4, -0.2) is 50.4 Å². The number of aromatic carboxylic acids is 1. The number of benzene rings is 1. The third-order valence-corrected chi connectivity index (χ3v) is 7.40. The normalized spacial score (nSPS) is 23.3. The molecule has 1 aromatic carbocycles. The van der Waals surface area contributed by atoms with Gasteiger partial charge in [-0.2, -0.15) is 0 Å². The Labute approximate surface area is 198 Å². The van der Waals surface area contributed by atoms with E-state index >= 15 is 0 Å². The number of aromatic nitrogens is 2. The molecule has 9 nitrogen and oxygen atoms in total. The van der Waals surface area contributed by atoms with E-state index in [0.29, 0.717) is 50.0 Å². The molecule has 1 saturated heterocycles. The van der Waals surface area contributed by atoms with E-state index in [4.69, 9.17) is 4.74 Å². The van der Waals surface area contributed by atoms with Crippen LogP contribution in [0.5, 0.6) is 0 Å². The molecule has 2 fully saturated rings. The summed E-state index contributed by atoms with van der Waals surface area (Å²) in [5.41, 5.74) is -1.50. The fourth-order valence-corrected chi connectivity index (χ4v) is 5.56. The Kier molecular flexibility index (Phi) is 5.72. The number of hydrogen-bond donors (Lipinski definition) is 1. The molecule has 1 saturated carbocycles. The Bertz CT molecular complexity index is 1310. The first-order chi connectivity index (χ1) is 16.7. The van der Waals surface area contributed by atoms with E-state index in [1.165, 1.54) is 16.7 Å². The second-order valence-electron chi connectivity index (χ2n) is 9.35. The molecule has 1 aromatic heterocycles. The van der Waals surface area contributed by atoms with Gasteiger partial charge in [0.1, 0.15) is 12.2 Å². The van der Waals surface area contributed by atoms with Crippen LogP contribution in [0.25, 0.3) is 0 Å². The van der Waals surface area contributed by atoms with Gasteiger partial charge in [-0.25, -0.2) is 23.2 Å². The highest BCUT2D eigenvalue weighted by Gasteiger charge is 2.40. The van der Waals surface area contributed by atoms with Gasteiger partial charge in [-0.3, -0.25) is 13.9 Å². The molecule has 2 aliphatic carbocycles. The lowest BCUT2D eigenvalue weighted by molar-refractivity contribution is -0.00186. The molecule has 3 aliphatic rings. The summed E-state index contributed by atoms with van der Waals surface area (Å²) in [5, 5.41) is 9.62. The van der Waals surface area contributed by atoms with Crippen molar-refractivity contribution in [3.63, 3.8) is 0 Å². The summed E-state index contributed by atoms with van der Waals surface area (Å²) in [7, 11) is 0. The molecule has 1 N–H and O–H groups in total. The maximum atomic E-state index is 14.2. The van der Waals surface area contributed by atoms with E-state index in [-0.39, 0.29) is 43.1 Å². The Morgan fingerprint density at radius 2 is 1.83 bits per heavy atom. The van der Waals surface area contributed by atoms with Gasteiger partial charge in [0.15, 0.2) is 0 Å². The summed E-state index contributed by atoms with van der Waals surface area (Å²) in [5.74, 6) is -4.43. The maximum absolute atomic E-state index is 14.2. The molecule has 2 aromatic rings. The van der Waals surface area contributed by atoms with Gasteiger partial charge in [-0.15, -0.1) is 0 Å². The second-order valence-corrected chi connectivity index (χ2v) is 9.35. The van der Waals surface area contributed by atoms with Crippen LogP contribution in [0.15, 0.2) is 34.0 Å². The highest BCUT2D eigenvalue weighted by Crippen LogP contribution is 2.42. The van der Waals surface area contributed by atoms with Crippen molar-refractivity contribution in [2.45, 2.75) is 63.1 Å². The minimum atomic E-state index is -2.97. The molecular formula is C24H25F2N3O6. The molecule has 0 atom stereocenters. The van der Waals surface area contributed by atoms with E-state index in [1.54, 1.807) is 11.0 Å². The number of hydrogen-bond acceptors (Lipinski definition) is 5. The van der Waals surface area contributed by atoms with Crippen LogP contribution in [0.4, 0.5) is 13.6 Å². The molecule has 0 radical (unpaired) electrons. The summed E-state index contributed by atoms with van der Waals surface area (Å²) >= 11 is 0. The molecule has 1 amide bonds. The van der Waals surface area contributed by atoms with Crippen LogP contribution in [0, 0.1) is 0 Å². The van der Waals surface area contributed by atoms with Crippen LogP contribution >= 0.6 is 0 Å². The first-order valence-electron chi connectivity index (χ1n) is 11.7. The number of nitrogens with zero attached hydrogens (tertiary/aromatic N) is 3. The van der Waals surface area contributed by atoms with Crippen LogP contribution in [0.1, 0.15) is 65.2 Å². The molecule has 186 valence electrons. The number of halogens is 2. The lowest BCUT2D eigenvalue weighted by Gasteiger charge is -2.34. The maximum Gasteiger partial charge on any atom is 0.410 e. The predicted molar refractivity (Wildman–Crippen MR) is 119 cm³/mol. The van der Waals surface area contributed by atoms with Crippen molar-refractivity contribution in [3.05, 3.63) is 67.5 Å². The minimum Gasteiger partial charge on any atom is -0.477 e. The van der Waals surface area contributed by atoms with Gasteiger partial charge in [0, 0.05) is 30.3 Å². The van der Waals surface area contributed by atoms with Gasteiger partial charge >= 0.3 is 17.8 Å². The zero-order chi connectivity index (χ0) is 24.9. The standard InChI is InChI=1S/C24H25F2N3O6/c25-24(26)9-8-17-14(2-1-3-19(17)24)12-29-20(30)18(21(31)32)13-28(22(29)33)16-6-4-15(5-7-16)27-10-11-35-23(27)34/h1-3,13,15-16H,4-12H2,(H,31,32). The van der Waals surface area contributed by atoms with Crippen LogP contribution in [0.3, 0.4) is 0 Å². The molecule has 0 unspecified atom stereocenters. The van der Waals surface area contributed by atoms with E-state index in [2.05, 4.69) is 0 Å². The Morgan fingerprint density at radius 3 is 2.49 bits per heavy atom. The first-order valence-corrected chi connectivity index (χ1v) is 11.7. The number of carbonyl (C=O) groups excluding carboxylic acids is 1. The van der Waals surface area contributed by atoms with Crippen molar-refractivity contribution in [1.82, 2.24) is 14.0 Å². The van der Waals surface area contributed by atoms with Gasteiger partial charge in [0.25, 0.3) is 11.5 Å². The summed E-state index contributed by atoms with van der Waals surface area (Å²) in [4.78, 5) is 51.7. The van der Waals surface area contributed by atoms with E-state index in [9.17, 15) is 33.1 Å². The topological polar surface area (TPSA) is 111 Å². The lowest BCUT2D eigenvalue weighted by atomic mass is 9.90. The van der Waals surface area contributed by atoms with Gasteiger partial charge < -0.3 is 14.7 Å². The SMILES string of the molecule is O=C(O)c1cn(C2CCC(N3CCOC3=O)CC2)c(=O)n(Cc2cccc3c2CCC3(F)F)c1=O. The monoisotopic (exact) mass is 489 g/mol. The van der Waals surface area contributed by atoms with Gasteiger partial charge in [0.2, 0.25) is 0 Å². The number of alkyl halides is 2. The number of carbonyl (C=O) groups is 2. The molecule has 1 aliphatic heterocycles. The highest BCUT2D eigenvalue weighted by molar-refractivity contribution is 5.86. The fourth-order valence-electron chi connectivity index (χ4n) is 5.56. The van der Waals surface area contributed by atoms with Crippen LogP contribution in [-0.2, 0) is 23.6 Å². The smallest absolute Gasteiger partial charge is 0.410 e. The molecule has 11 heteroatoms. The fraction of sp³-hybridized carbons (Fsp3) is 0.500. The molecule has 0 bridgehead atoms. The largest absolute Gasteiger partial charge is 0.477 e. The molecule has 0 spiro atoms. The van der Waals surface area contributed by atoms with Crippen molar-refractivity contribution < 1.29 is 28.2 Å². The van der Waals surface area contributed by atoms with Gasteiger partial charge in [-0.1, -0.05) is 18.2 Å². The molecular weight excluding hydrogens is 464 g/mol. The summed E-state index contributed by atoms with van der Waals surface area (Å²) in [6.45, 7) is 0.579. The quantitative estimate of drug-likeness (QED) is 0.692. The number of amides is 1. The molecule has 5 rings (SSSR count). The van der Waals surface area contributed by atoms with Crippen molar-refractivity contribution in [3.8, 4) is 0 Å². The first kappa shape index (κ1) is 23.3. The Morgan fingerprint density at radius 1 is 1.11 bits per heavy atom. The zero-order valence-corrected chi connectivity index (χ0v) is 18.9. The summed E-state index contributed by atoms with van der Waals surface area (Å²) in [6.07, 6.45) is 2.74. The minimum absolute atomic E-state index is 0.0182. The number of fused-ring (bicyclic) bond motifs is 1. The highest BCUT2D eigenvalue weighted by atomic mass is 19.3. The number of cyclic esters (lactones) is 1. The van der Waals surface area contributed by atoms with Crippen molar-refractivity contribution in [2.75, 3.05) is 13.2 Å². The number of carboxylic acids is 1. The molecule has 35 heavy (non-hydrogen) atoms. The van der Waals surface area contributed by atoms with E-state index in [0.717, 1.165) is 10.8 Å². The Balaban J connectivity index is 1.48. The zero-order valence-electron chi connectivity index (χ0n) is 18.9. The second kappa shape index (κ2) is 8.62. The summed E-state index contributed by atoms with van der Waals surface area (Å²) < 4.78 is 35.5. The third-order valence-electron chi connectivity index (χ3n) is 7.40. The number of carboxylic acid groups (broad SMARTS) is 1. The Hall–Kier alpha value is -3.50. The van der Waals surface area contributed by atoms with Crippen molar-refractivity contribution >= 4 is 12.1 Å². The average molecular weight is 489 g/mol. The van der Waals surface area contributed by atoms with Crippen LogP contribution in [0.2, 0.25) is 0 Å². The molecule has 2 heterocycles. The van der Waals surface area contributed by atoms with Gasteiger partial charge in [-0.05, 0) is 43.2 Å². The van der Waals surface area contributed by atoms with Crippen LogP contribution < -0.4 is 11.2 Å².